The molecule has 0 radical (unpaired) electrons. The molecule has 0 fully saturated rings. The predicted molar refractivity (Wildman–Crippen MR) is 175 cm³/mol. The molecule has 43 heavy (non-hydrogen) atoms. The number of benzene rings is 6. The lowest BCUT2D eigenvalue weighted by Gasteiger charge is -2.36. The Labute approximate surface area is 251 Å². The molecule has 0 atom stereocenters. The highest BCUT2D eigenvalue weighted by atomic mass is 14.6. The van der Waals surface area contributed by atoms with E-state index >= 15 is 0 Å². The van der Waals surface area contributed by atoms with E-state index in [2.05, 4.69) is 108 Å². The van der Waals surface area contributed by atoms with Crippen LogP contribution in [0.5, 0.6) is 0 Å². The number of rotatable bonds is 2. The monoisotopic (exact) mass is 544 g/mol. The molecular weight excluding hydrogens is 520 g/mol. The van der Waals surface area contributed by atoms with E-state index in [0.29, 0.717) is 11.3 Å². The van der Waals surface area contributed by atoms with Crippen molar-refractivity contribution in [3.63, 3.8) is 0 Å². The Bertz CT molecular complexity index is 2030. The molecule has 0 amide bonds. The van der Waals surface area contributed by atoms with Crippen LogP contribution in [0.3, 0.4) is 0 Å². The smallest absolute Gasteiger partial charge is 0.187 e. The van der Waals surface area contributed by atoms with Crippen LogP contribution < -0.4 is 0 Å². The molecule has 6 aromatic rings. The first-order valence-electron chi connectivity index (χ1n) is 14.4. The molecule has 6 aromatic carbocycles. The normalized spacial score (nSPS) is 13.2. The standard InChI is InChI=1S/C41H24N2/c1-43-34-22-20-29(21-23-34)33-19-17-31-15-14-30-16-18-32(28-12-10-27(26-42)11-13-28)24-39(30)41(40(31)25-33)37-8-4-2-6-35(37)36-7-3-5-9-38(36)41/h2-25H. The fourth-order valence-corrected chi connectivity index (χ4v) is 7.02. The van der Waals surface area contributed by atoms with Crippen LogP contribution >= 0.6 is 0 Å². The quantitative estimate of drug-likeness (QED) is 0.199. The van der Waals surface area contributed by atoms with Crippen LogP contribution in [-0.2, 0) is 5.41 Å². The molecular formula is C41H24N2. The van der Waals surface area contributed by atoms with Gasteiger partial charge in [-0.3, -0.25) is 0 Å². The van der Waals surface area contributed by atoms with Crippen molar-refractivity contribution in [1.29, 1.82) is 5.26 Å². The van der Waals surface area contributed by atoms with Crippen LogP contribution in [-0.4, -0.2) is 0 Å². The van der Waals surface area contributed by atoms with Gasteiger partial charge in [-0.1, -0.05) is 121 Å². The second-order valence-corrected chi connectivity index (χ2v) is 11.1. The van der Waals surface area contributed by atoms with Crippen molar-refractivity contribution in [3.05, 3.63) is 184 Å². The summed E-state index contributed by atoms with van der Waals surface area (Å²) in [4.78, 5) is 3.59. The molecule has 0 aliphatic heterocycles. The van der Waals surface area contributed by atoms with E-state index in [1.807, 2.05) is 48.5 Å². The van der Waals surface area contributed by atoms with Crippen molar-refractivity contribution in [2.75, 3.05) is 0 Å². The Hall–Kier alpha value is -5.96. The van der Waals surface area contributed by atoms with Crippen LogP contribution in [0.15, 0.2) is 133 Å². The lowest BCUT2D eigenvalue weighted by atomic mass is 9.65. The first kappa shape index (κ1) is 24.8. The van der Waals surface area contributed by atoms with Gasteiger partial charge in [-0.25, -0.2) is 4.85 Å². The van der Waals surface area contributed by atoms with Crippen LogP contribution in [0, 0.1) is 17.9 Å². The van der Waals surface area contributed by atoms with Gasteiger partial charge >= 0.3 is 0 Å². The molecule has 0 saturated heterocycles. The number of fused-ring (bicyclic) bond motifs is 9. The first-order valence-corrected chi connectivity index (χ1v) is 14.4. The number of hydrogen-bond donors (Lipinski definition) is 0. The summed E-state index contributed by atoms with van der Waals surface area (Å²) in [7, 11) is 0. The van der Waals surface area contributed by atoms with Crippen LogP contribution in [0.1, 0.15) is 38.9 Å². The minimum absolute atomic E-state index is 0.545. The van der Waals surface area contributed by atoms with E-state index in [1.165, 1.54) is 44.5 Å². The van der Waals surface area contributed by atoms with Gasteiger partial charge in [-0.15, -0.1) is 0 Å². The molecule has 0 heterocycles. The summed E-state index contributed by atoms with van der Waals surface area (Å²) in [6, 6.07) is 49.2. The third-order valence-electron chi connectivity index (χ3n) is 8.99. The van der Waals surface area contributed by atoms with Crippen molar-refractivity contribution < 1.29 is 0 Å². The van der Waals surface area contributed by atoms with E-state index in [0.717, 1.165) is 22.3 Å². The molecule has 8 rings (SSSR count). The molecule has 2 nitrogen and oxygen atoms in total. The van der Waals surface area contributed by atoms with Crippen molar-refractivity contribution >= 4 is 17.8 Å². The summed E-state index contributed by atoms with van der Waals surface area (Å²) in [5, 5.41) is 9.37. The number of hydrogen-bond acceptors (Lipinski definition) is 1. The highest BCUT2D eigenvalue weighted by molar-refractivity contribution is 5.92. The van der Waals surface area contributed by atoms with Gasteiger partial charge in [0.05, 0.1) is 23.6 Å². The van der Waals surface area contributed by atoms with Crippen LogP contribution in [0.25, 0.3) is 50.4 Å². The van der Waals surface area contributed by atoms with E-state index in [-0.39, 0.29) is 0 Å². The maximum atomic E-state index is 9.37. The summed E-state index contributed by atoms with van der Waals surface area (Å²) in [5.41, 5.74) is 15.1. The largest absolute Gasteiger partial charge is 0.238 e. The van der Waals surface area contributed by atoms with Crippen molar-refractivity contribution in [2.45, 2.75) is 5.41 Å². The fourth-order valence-electron chi connectivity index (χ4n) is 7.02. The Balaban J connectivity index is 1.46. The van der Waals surface area contributed by atoms with Crippen molar-refractivity contribution in [2.24, 2.45) is 0 Å². The average Bonchev–Trinajstić information content (AvgIpc) is 3.29. The van der Waals surface area contributed by atoms with Gasteiger partial charge in [0.25, 0.3) is 0 Å². The van der Waals surface area contributed by atoms with Crippen LogP contribution in [0.4, 0.5) is 5.69 Å². The molecule has 2 aliphatic carbocycles. The van der Waals surface area contributed by atoms with Crippen LogP contribution in [0.2, 0.25) is 0 Å². The van der Waals surface area contributed by atoms with Gasteiger partial charge in [-0.2, -0.15) is 5.26 Å². The zero-order valence-electron chi connectivity index (χ0n) is 23.3. The summed E-state index contributed by atoms with van der Waals surface area (Å²) in [6.07, 6.45) is 4.50. The topological polar surface area (TPSA) is 28.1 Å². The second kappa shape index (κ2) is 9.56. The second-order valence-electron chi connectivity index (χ2n) is 11.1. The minimum atomic E-state index is -0.545. The zero-order chi connectivity index (χ0) is 29.0. The maximum Gasteiger partial charge on any atom is 0.187 e. The third-order valence-corrected chi connectivity index (χ3v) is 8.99. The van der Waals surface area contributed by atoms with Gasteiger partial charge in [0.1, 0.15) is 0 Å². The third kappa shape index (κ3) is 3.64. The van der Waals surface area contributed by atoms with E-state index in [1.54, 1.807) is 0 Å². The van der Waals surface area contributed by atoms with Gasteiger partial charge in [-0.05, 0) is 91.0 Å². The lowest BCUT2D eigenvalue weighted by molar-refractivity contribution is 0.767. The summed E-state index contributed by atoms with van der Waals surface area (Å²) in [5.74, 6) is 0. The van der Waals surface area contributed by atoms with Gasteiger partial charge in [0.15, 0.2) is 5.69 Å². The Morgan fingerprint density at radius 2 is 0.977 bits per heavy atom. The first-order chi connectivity index (χ1) is 21.2. The minimum Gasteiger partial charge on any atom is -0.238 e. The molecule has 0 aromatic heterocycles. The van der Waals surface area contributed by atoms with Crippen molar-refractivity contribution in [3.8, 4) is 39.4 Å². The summed E-state index contributed by atoms with van der Waals surface area (Å²) in [6.45, 7) is 7.39. The zero-order valence-corrected chi connectivity index (χ0v) is 23.3. The van der Waals surface area contributed by atoms with E-state index < -0.39 is 5.41 Å². The molecule has 0 saturated carbocycles. The van der Waals surface area contributed by atoms with Gasteiger partial charge in [0.2, 0.25) is 0 Å². The van der Waals surface area contributed by atoms with E-state index in [9.17, 15) is 5.26 Å². The molecule has 0 bridgehead atoms. The highest BCUT2D eigenvalue weighted by Crippen LogP contribution is 2.59. The van der Waals surface area contributed by atoms with Crippen molar-refractivity contribution in [1.82, 2.24) is 0 Å². The molecule has 1 spiro atoms. The fraction of sp³-hybridized carbons (Fsp3) is 0.0244. The van der Waals surface area contributed by atoms with Gasteiger partial charge < -0.3 is 0 Å². The highest BCUT2D eigenvalue weighted by Gasteiger charge is 2.48. The summed E-state index contributed by atoms with van der Waals surface area (Å²) >= 11 is 0. The maximum absolute atomic E-state index is 9.37. The molecule has 2 heteroatoms. The number of nitrogens with zero attached hydrogens (tertiary/aromatic N) is 2. The molecule has 198 valence electrons. The molecule has 0 unspecified atom stereocenters. The average molecular weight is 545 g/mol. The summed E-state index contributed by atoms with van der Waals surface area (Å²) < 4.78 is 0. The van der Waals surface area contributed by atoms with E-state index in [4.69, 9.17) is 6.57 Å². The Kier molecular flexibility index (Phi) is 5.51. The SMILES string of the molecule is [C-]#[N+]c1ccc(-c2ccc3c(c2)C2(c4cc(-c5ccc(C#N)cc5)ccc4C=C3)c3ccccc3-c3ccccc32)cc1. The van der Waals surface area contributed by atoms with Gasteiger partial charge in [0, 0.05) is 0 Å². The molecule has 2 aliphatic rings. The lowest BCUT2D eigenvalue weighted by Crippen LogP contribution is -2.30. The Morgan fingerprint density at radius 3 is 1.47 bits per heavy atom. The molecule has 0 N–H and O–H groups in total. The predicted octanol–water partition coefficient (Wildman–Crippen LogP) is 10.3. The Morgan fingerprint density at radius 1 is 0.512 bits per heavy atom. The number of nitriles is 1.